The molecule has 3 unspecified atom stereocenters. The lowest BCUT2D eigenvalue weighted by atomic mass is 9.73. The van der Waals surface area contributed by atoms with Crippen molar-refractivity contribution in [2.45, 2.75) is 135 Å². The van der Waals surface area contributed by atoms with Crippen molar-refractivity contribution in [1.29, 1.82) is 0 Å². The second kappa shape index (κ2) is 9.71. The summed E-state index contributed by atoms with van der Waals surface area (Å²) in [5.41, 5.74) is 5.31. The van der Waals surface area contributed by atoms with Crippen molar-refractivity contribution in [1.82, 2.24) is 9.80 Å². The van der Waals surface area contributed by atoms with Crippen molar-refractivity contribution >= 4 is 0 Å². The van der Waals surface area contributed by atoms with Crippen molar-refractivity contribution in [2.24, 2.45) is 5.92 Å². The number of hydrogen-bond acceptors (Lipinski definition) is 3. The standard InChI is InChI=1S/C36H54N2O/c1-32(2,3)38-24-20-26-25-36(26,38)30-18-13-12-17-29(30)33(4,5)21-22-34(6,7)37-23-14-19-31(37)27-15-10-11-16-28(27)35(8,9)39/h10-13,15-18,26,31,39H,14,19-25H2,1-9H3. The predicted octanol–water partition coefficient (Wildman–Crippen LogP) is 8.31. The summed E-state index contributed by atoms with van der Waals surface area (Å²) in [4.78, 5) is 5.56. The third-order valence-electron chi connectivity index (χ3n) is 10.6. The van der Waals surface area contributed by atoms with Crippen molar-refractivity contribution in [3.05, 3.63) is 70.8 Å². The highest BCUT2D eigenvalue weighted by molar-refractivity contribution is 5.45. The Kier molecular flexibility index (Phi) is 7.18. The maximum atomic E-state index is 10.9. The fourth-order valence-corrected chi connectivity index (χ4v) is 8.39. The minimum absolute atomic E-state index is 0.0747. The Morgan fingerprint density at radius 1 is 0.795 bits per heavy atom. The Balaban J connectivity index is 1.39. The molecule has 5 rings (SSSR count). The molecule has 3 nitrogen and oxygen atoms in total. The van der Waals surface area contributed by atoms with E-state index in [2.05, 4.69) is 107 Å². The molecule has 1 aliphatic carbocycles. The summed E-state index contributed by atoms with van der Waals surface area (Å²) in [7, 11) is 0. The van der Waals surface area contributed by atoms with Gasteiger partial charge in [-0.05, 0) is 134 Å². The zero-order chi connectivity index (χ0) is 28.4. The SMILES string of the molecule is CC(C)(O)c1ccccc1C1CCCN1C(C)(C)CCC(C)(C)c1ccccc1C12CC1CCN2C(C)(C)C. The summed E-state index contributed by atoms with van der Waals surface area (Å²) >= 11 is 0. The highest BCUT2D eigenvalue weighted by atomic mass is 16.3. The molecule has 3 atom stereocenters. The third kappa shape index (κ3) is 5.13. The second-order valence-corrected chi connectivity index (χ2v) is 15.7. The molecule has 0 amide bonds. The number of rotatable bonds is 8. The molecule has 0 aromatic heterocycles. The van der Waals surface area contributed by atoms with Gasteiger partial charge in [0.1, 0.15) is 0 Å². The summed E-state index contributed by atoms with van der Waals surface area (Å²) in [6, 6.07) is 18.4. The van der Waals surface area contributed by atoms with Gasteiger partial charge in [-0.25, -0.2) is 0 Å². The Labute approximate surface area is 239 Å². The Morgan fingerprint density at radius 3 is 2.08 bits per heavy atom. The lowest BCUT2D eigenvalue weighted by molar-refractivity contribution is 0.0663. The first-order valence-corrected chi connectivity index (χ1v) is 15.6. The van der Waals surface area contributed by atoms with Gasteiger partial charge in [0.25, 0.3) is 0 Å². The van der Waals surface area contributed by atoms with Crippen molar-refractivity contribution in [3.63, 3.8) is 0 Å². The van der Waals surface area contributed by atoms with Crippen LogP contribution in [0.1, 0.15) is 129 Å². The van der Waals surface area contributed by atoms with Crippen LogP contribution >= 0.6 is 0 Å². The van der Waals surface area contributed by atoms with E-state index in [-0.39, 0.29) is 22.0 Å². The van der Waals surface area contributed by atoms with E-state index in [1.807, 2.05) is 13.8 Å². The van der Waals surface area contributed by atoms with Crippen LogP contribution in [0.4, 0.5) is 0 Å². The normalized spacial score (nSPS) is 26.7. The highest BCUT2D eigenvalue weighted by Gasteiger charge is 2.65. The average molecular weight is 531 g/mol. The summed E-state index contributed by atoms with van der Waals surface area (Å²) in [6.07, 6.45) is 7.33. The van der Waals surface area contributed by atoms with Gasteiger partial charge in [0.2, 0.25) is 0 Å². The molecule has 0 spiro atoms. The lowest BCUT2D eigenvalue weighted by Crippen LogP contribution is -2.47. The van der Waals surface area contributed by atoms with Crippen molar-refractivity contribution in [2.75, 3.05) is 13.1 Å². The van der Waals surface area contributed by atoms with Gasteiger partial charge in [0.15, 0.2) is 0 Å². The van der Waals surface area contributed by atoms with Crippen LogP contribution in [0.3, 0.4) is 0 Å². The summed E-state index contributed by atoms with van der Waals surface area (Å²) in [5.74, 6) is 0.811. The molecule has 3 heteroatoms. The monoisotopic (exact) mass is 530 g/mol. The van der Waals surface area contributed by atoms with Crippen LogP contribution in [0.2, 0.25) is 0 Å². The number of benzene rings is 2. The molecule has 2 heterocycles. The predicted molar refractivity (Wildman–Crippen MR) is 164 cm³/mol. The molecule has 1 saturated carbocycles. The molecule has 2 aromatic rings. The molecule has 2 aromatic carbocycles. The van der Waals surface area contributed by atoms with Crippen LogP contribution in [0.5, 0.6) is 0 Å². The third-order valence-corrected chi connectivity index (χ3v) is 10.6. The Morgan fingerprint density at radius 2 is 1.44 bits per heavy atom. The first-order valence-electron chi connectivity index (χ1n) is 15.6. The smallest absolute Gasteiger partial charge is 0.0843 e. The number of likely N-dealkylation sites (tertiary alicyclic amines) is 2. The maximum Gasteiger partial charge on any atom is 0.0843 e. The molecular formula is C36H54N2O. The highest BCUT2D eigenvalue weighted by Crippen LogP contribution is 2.65. The van der Waals surface area contributed by atoms with Crippen LogP contribution in [0.15, 0.2) is 48.5 Å². The maximum absolute atomic E-state index is 10.9. The van der Waals surface area contributed by atoms with Crippen LogP contribution in [0.25, 0.3) is 0 Å². The van der Waals surface area contributed by atoms with Gasteiger partial charge < -0.3 is 5.11 Å². The Bertz CT molecular complexity index is 1180. The summed E-state index contributed by atoms with van der Waals surface area (Å²) < 4.78 is 0. The zero-order valence-corrected chi connectivity index (χ0v) is 26.3. The molecule has 2 aliphatic heterocycles. The molecule has 39 heavy (non-hydrogen) atoms. The van der Waals surface area contributed by atoms with E-state index in [1.165, 1.54) is 31.4 Å². The van der Waals surface area contributed by atoms with Crippen molar-refractivity contribution < 1.29 is 5.11 Å². The lowest BCUT2D eigenvalue weighted by Gasteiger charge is -2.44. The van der Waals surface area contributed by atoms with E-state index in [9.17, 15) is 5.11 Å². The largest absolute Gasteiger partial charge is 0.386 e. The summed E-state index contributed by atoms with van der Waals surface area (Å²) in [5, 5.41) is 10.9. The van der Waals surface area contributed by atoms with Gasteiger partial charge in [0.05, 0.1) is 11.1 Å². The Hall–Kier alpha value is -1.68. The van der Waals surface area contributed by atoms with Gasteiger partial charge in [-0.15, -0.1) is 0 Å². The van der Waals surface area contributed by atoms with E-state index in [0.717, 1.165) is 37.3 Å². The van der Waals surface area contributed by atoms with E-state index >= 15 is 0 Å². The number of fused-ring (bicyclic) bond motifs is 1. The van der Waals surface area contributed by atoms with Crippen LogP contribution in [-0.4, -0.2) is 39.1 Å². The molecule has 2 saturated heterocycles. The molecule has 0 bridgehead atoms. The minimum Gasteiger partial charge on any atom is -0.386 e. The minimum atomic E-state index is -0.831. The van der Waals surface area contributed by atoms with Gasteiger partial charge in [-0.1, -0.05) is 62.4 Å². The van der Waals surface area contributed by atoms with Gasteiger partial charge in [-0.2, -0.15) is 0 Å². The zero-order valence-electron chi connectivity index (χ0n) is 26.3. The number of piperidine rings is 1. The number of aliphatic hydroxyl groups is 1. The summed E-state index contributed by atoms with van der Waals surface area (Å²) in [6.45, 7) is 23.3. The molecular weight excluding hydrogens is 476 g/mol. The number of hydrogen-bond donors (Lipinski definition) is 1. The van der Waals surface area contributed by atoms with E-state index < -0.39 is 5.60 Å². The van der Waals surface area contributed by atoms with E-state index in [0.29, 0.717) is 6.04 Å². The van der Waals surface area contributed by atoms with E-state index in [1.54, 1.807) is 11.1 Å². The van der Waals surface area contributed by atoms with Crippen LogP contribution in [-0.2, 0) is 16.6 Å². The number of nitrogens with zero attached hydrogens (tertiary/aromatic N) is 2. The fraction of sp³-hybridized carbons (Fsp3) is 0.667. The van der Waals surface area contributed by atoms with Gasteiger partial charge >= 0.3 is 0 Å². The second-order valence-electron chi connectivity index (χ2n) is 15.7. The van der Waals surface area contributed by atoms with Gasteiger partial charge in [0, 0.05) is 17.1 Å². The molecule has 214 valence electrons. The molecule has 1 N–H and O–H groups in total. The van der Waals surface area contributed by atoms with Gasteiger partial charge in [-0.3, -0.25) is 9.80 Å². The molecule has 3 aliphatic rings. The molecule has 3 fully saturated rings. The van der Waals surface area contributed by atoms with Crippen LogP contribution < -0.4 is 0 Å². The first kappa shape index (κ1) is 28.8. The average Bonchev–Trinajstić information content (AvgIpc) is 3.19. The van der Waals surface area contributed by atoms with E-state index in [4.69, 9.17) is 0 Å². The topological polar surface area (TPSA) is 26.7 Å². The quantitative estimate of drug-likeness (QED) is 0.372. The van der Waals surface area contributed by atoms with Crippen molar-refractivity contribution in [3.8, 4) is 0 Å². The molecule has 0 radical (unpaired) electrons. The fourth-order valence-electron chi connectivity index (χ4n) is 8.39. The first-order chi connectivity index (χ1) is 18.1. The van der Waals surface area contributed by atoms with Crippen LogP contribution in [0, 0.1) is 5.92 Å².